The smallest absolute Gasteiger partial charge is 0.271 e. The van der Waals surface area contributed by atoms with Crippen LogP contribution in [0.15, 0.2) is 49.1 Å². The van der Waals surface area contributed by atoms with Crippen LogP contribution in [0.1, 0.15) is 16.2 Å². The van der Waals surface area contributed by atoms with Gasteiger partial charge in [-0.2, -0.15) is 10.2 Å². The quantitative estimate of drug-likeness (QED) is 0.572. The van der Waals surface area contributed by atoms with Crippen LogP contribution in [-0.4, -0.2) is 41.8 Å². The van der Waals surface area contributed by atoms with Crippen molar-refractivity contribution in [2.24, 2.45) is 7.05 Å². The summed E-state index contributed by atoms with van der Waals surface area (Å²) in [7, 11) is 1.68. The maximum absolute atomic E-state index is 12.2. The molecule has 0 radical (unpaired) electrons. The van der Waals surface area contributed by atoms with Gasteiger partial charge in [0, 0.05) is 50.2 Å². The topological polar surface area (TPSA) is 90.0 Å². The molecule has 8 nitrogen and oxygen atoms in total. The van der Waals surface area contributed by atoms with Gasteiger partial charge in [-0.15, -0.1) is 0 Å². The molecule has 0 saturated carbocycles. The molecule has 0 atom stereocenters. The van der Waals surface area contributed by atoms with E-state index in [1.807, 2.05) is 30.5 Å². The number of aromatic nitrogens is 6. The highest BCUT2D eigenvalue weighted by Crippen LogP contribution is 2.17. The van der Waals surface area contributed by atoms with Gasteiger partial charge in [0.05, 0.1) is 22.6 Å². The number of fused-ring (bicyclic) bond motifs is 1. The van der Waals surface area contributed by atoms with Gasteiger partial charge in [0.25, 0.3) is 5.91 Å². The molecule has 4 heterocycles. The van der Waals surface area contributed by atoms with E-state index in [-0.39, 0.29) is 5.91 Å². The summed E-state index contributed by atoms with van der Waals surface area (Å²) in [4.78, 5) is 20.9. The van der Waals surface area contributed by atoms with Gasteiger partial charge in [-0.3, -0.25) is 14.5 Å². The van der Waals surface area contributed by atoms with E-state index in [4.69, 9.17) is 11.6 Å². The van der Waals surface area contributed by atoms with Gasteiger partial charge in [0.1, 0.15) is 5.69 Å². The molecule has 4 aromatic rings. The van der Waals surface area contributed by atoms with Crippen LogP contribution in [0.2, 0.25) is 5.02 Å². The van der Waals surface area contributed by atoms with Crippen LogP contribution >= 0.6 is 11.6 Å². The zero-order chi connectivity index (χ0) is 18.8. The third kappa shape index (κ3) is 3.52. The highest BCUT2D eigenvalue weighted by molar-refractivity contribution is 6.33. The van der Waals surface area contributed by atoms with Crippen LogP contribution in [0.4, 0.5) is 0 Å². The second kappa shape index (κ2) is 7.16. The number of hydrogen-bond donors (Lipinski definition) is 1. The predicted molar refractivity (Wildman–Crippen MR) is 100 cm³/mol. The molecule has 0 aromatic carbocycles. The summed E-state index contributed by atoms with van der Waals surface area (Å²) in [5.74, 6) is -0.262. The molecule has 0 aliphatic heterocycles. The van der Waals surface area contributed by atoms with Crippen molar-refractivity contribution in [1.29, 1.82) is 0 Å². The van der Waals surface area contributed by atoms with E-state index in [0.29, 0.717) is 23.7 Å². The maximum atomic E-state index is 12.2. The van der Waals surface area contributed by atoms with Gasteiger partial charge < -0.3 is 5.32 Å². The SMILES string of the molecule is Cn1ncc(Cl)c1C(=O)NCCc1cc2nc(-c3ccncc3)ccn2n1. The molecule has 4 aromatic heterocycles. The predicted octanol–water partition coefficient (Wildman–Crippen LogP) is 2.15. The Morgan fingerprint density at radius 3 is 2.81 bits per heavy atom. The largest absolute Gasteiger partial charge is 0.350 e. The number of pyridine rings is 1. The van der Waals surface area contributed by atoms with Crippen LogP contribution in [0.5, 0.6) is 0 Å². The number of nitrogens with one attached hydrogen (secondary N) is 1. The second-order valence-corrected chi connectivity index (χ2v) is 6.36. The zero-order valence-corrected chi connectivity index (χ0v) is 15.3. The van der Waals surface area contributed by atoms with E-state index in [9.17, 15) is 4.79 Å². The molecular formula is C18H16ClN7O. The van der Waals surface area contributed by atoms with Crippen molar-refractivity contribution in [2.75, 3.05) is 6.54 Å². The Bertz CT molecular complexity index is 1080. The Balaban J connectivity index is 1.44. The third-order valence-corrected chi connectivity index (χ3v) is 4.40. The van der Waals surface area contributed by atoms with Gasteiger partial charge in [0.15, 0.2) is 5.65 Å². The van der Waals surface area contributed by atoms with Crippen molar-refractivity contribution in [3.63, 3.8) is 0 Å². The lowest BCUT2D eigenvalue weighted by molar-refractivity contribution is 0.0945. The Labute approximate surface area is 159 Å². The molecule has 1 amide bonds. The number of halogens is 1. The Kier molecular flexibility index (Phi) is 4.55. The van der Waals surface area contributed by atoms with Crippen molar-refractivity contribution >= 4 is 23.2 Å². The molecule has 1 N–H and O–H groups in total. The van der Waals surface area contributed by atoms with E-state index in [1.54, 1.807) is 24.0 Å². The molecule has 0 aliphatic carbocycles. The summed E-state index contributed by atoms with van der Waals surface area (Å²) in [6, 6.07) is 7.64. The molecule has 0 spiro atoms. The lowest BCUT2D eigenvalue weighted by atomic mass is 10.2. The minimum Gasteiger partial charge on any atom is -0.350 e. The lowest BCUT2D eigenvalue weighted by Crippen LogP contribution is -2.28. The Hall–Kier alpha value is -3.26. The molecule has 4 rings (SSSR count). The number of amides is 1. The molecule has 136 valence electrons. The summed E-state index contributed by atoms with van der Waals surface area (Å²) < 4.78 is 3.17. The fourth-order valence-corrected chi connectivity index (χ4v) is 3.04. The minimum absolute atomic E-state index is 0.262. The van der Waals surface area contributed by atoms with Crippen LogP contribution < -0.4 is 5.32 Å². The standard InChI is InChI=1S/C18H16ClN7O/c1-25-17(14(19)11-22-25)18(27)21-8-4-13-10-16-23-15(5-9-26(16)24-13)12-2-6-20-7-3-12/h2-3,5-7,9-11H,4,8H2,1H3,(H,21,27). The van der Waals surface area contributed by atoms with Crippen molar-refractivity contribution in [2.45, 2.75) is 6.42 Å². The Morgan fingerprint density at radius 1 is 1.26 bits per heavy atom. The van der Waals surface area contributed by atoms with Crippen LogP contribution in [0.3, 0.4) is 0 Å². The number of rotatable bonds is 5. The number of hydrogen-bond acceptors (Lipinski definition) is 5. The molecule has 0 fully saturated rings. The molecule has 0 aliphatic rings. The van der Waals surface area contributed by atoms with Crippen molar-refractivity contribution in [1.82, 2.24) is 34.7 Å². The van der Waals surface area contributed by atoms with Gasteiger partial charge in [-0.25, -0.2) is 9.50 Å². The first-order valence-corrected chi connectivity index (χ1v) is 8.71. The van der Waals surface area contributed by atoms with Gasteiger partial charge >= 0.3 is 0 Å². The normalized spacial score (nSPS) is 11.0. The van der Waals surface area contributed by atoms with Crippen LogP contribution in [0, 0.1) is 0 Å². The molecule has 0 unspecified atom stereocenters. The van der Waals surface area contributed by atoms with E-state index in [2.05, 4.69) is 25.5 Å². The van der Waals surface area contributed by atoms with Crippen LogP contribution in [-0.2, 0) is 13.5 Å². The Morgan fingerprint density at radius 2 is 2.07 bits per heavy atom. The van der Waals surface area contributed by atoms with Crippen molar-refractivity contribution in [3.8, 4) is 11.3 Å². The minimum atomic E-state index is -0.262. The summed E-state index contributed by atoms with van der Waals surface area (Å²) >= 11 is 5.98. The van der Waals surface area contributed by atoms with Crippen LogP contribution in [0.25, 0.3) is 16.9 Å². The summed E-state index contributed by atoms with van der Waals surface area (Å²) in [6.07, 6.45) is 7.37. The number of carbonyl (C=O) groups is 1. The number of nitrogens with zero attached hydrogens (tertiary/aromatic N) is 6. The fourth-order valence-electron chi connectivity index (χ4n) is 2.79. The first-order valence-electron chi connectivity index (χ1n) is 8.33. The fraction of sp³-hybridized carbons (Fsp3) is 0.167. The highest BCUT2D eigenvalue weighted by Gasteiger charge is 2.15. The monoisotopic (exact) mass is 381 g/mol. The first kappa shape index (κ1) is 17.2. The van der Waals surface area contributed by atoms with Crippen molar-refractivity contribution < 1.29 is 4.79 Å². The zero-order valence-electron chi connectivity index (χ0n) is 14.5. The third-order valence-electron chi connectivity index (χ3n) is 4.13. The molecule has 0 saturated heterocycles. The summed E-state index contributed by atoms with van der Waals surface area (Å²) in [5.41, 5.74) is 3.78. The summed E-state index contributed by atoms with van der Waals surface area (Å²) in [6.45, 7) is 0.432. The summed E-state index contributed by atoms with van der Waals surface area (Å²) in [5, 5.41) is 11.6. The van der Waals surface area contributed by atoms with E-state index >= 15 is 0 Å². The maximum Gasteiger partial charge on any atom is 0.271 e. The molecular weight excluding hydrogens is 366 g/mol. The number of carbonyl (C=O) groups excluding carboxylic acids is 1. The van der Waals surface area contributed by atoms with Gasteiger partial charge in [-0.05, 0) is 18.2 Å². The first-order chi connectivity index (χ1) is 13.1. The average molecular weight is 382 g/mol. The van der Waals surface area contributed by atoms with E-state index < -0.39 is 0 Å². The lowest BCUT2D eigenvalue weighted by Gasteiger charge is -2.04. The van der Waals surface area contributed by atoms with Gasteiger partial charge in [0.2, 0.25) is 0 Å². The van der Waals surface area contributed by atoms with Crippen molar-refractivity contribution in [3.05, 3.63) is 65.5 Å². The van der Waals surface area contributed by atoms with E-state index in [0.717, 1.165) is 22.6 Å². The van der Waals surface area contributed by atoms with Gasteiger partial charge in [-0.1, -0.05) is 11.6 Å². The molecule has 27 heavy (non-hydrogen) atoms. The number of aryl methyl sites for hydroxylation is 1. The second-order valence-electron chi connectivity index (χ2n) is 5.96. The molecule has 0 bridgehead atoms. The van der Waals surface area contributed by atoms with E-state index in [1.165, 1.54) is 10.9 Å². The molecule has 9 heteroatoms. The average Bonchev–Trinajstić information content (AvgIpc) is 3.24. The highest BCUT2D eigenvalue weighted by atomic mass is 35.5.